The Morgan fingerprint density at radius 2 is 1.60 bits per heavy atom. The van der Waals surface area contributed by atoms with Gasteiger partial charge in [0.15, 0.2) is 5.78 Å². The minimum absolute atomic E-state index is 0.0322. The second kappa shape index (κ2) is 11.5. The highest BCUT2D eigenvalue weighted by Gasteiger charge is 2.38. The molecule has 2 rings (SSSR count). The molecule has 1 aromatic carbocycles. The van der Waals surface area contributed by atoms with Crippen LogP contribution >= 0.6 is 11.3 Å². The van der Waals surface area contributed by atoms with Crippen molar-refractivity contribution in [3.8, 4) is 0 Å². The third-order valence-electron chi connectivity index (χ3n) is 3.62. The van der Waals surface area contributed by atoms with Crippen LogP contribution in [0.15, 0.2) is 35.7 Å². The number of ketones is 1. The Kier molecular flexibility index (Phi) is 9.67. The second-order valence-corrected chi connectivity index (χ2v) is 7.60. The summed E-state index contributed by atoms with van der Waals surface area (Å²) in [6.07, 6.45) is -4.78. The number of benzene rings is 1. The van der Waals surface area contributed by atoms with Crippen molar-refractivity contribution in [2.75, 3.05) is 14.1 Å². The van der Waals surface area contributed by atoms with Crippen molar-refractivity contribution < 1.29 is 32.7 Å². The summed E-state index contributed by atoms with van der Waals surface area (Å²) >= 11 is 1.39. The number of thiophene rings is 1. The first kappa shape index (κ1) is 25.3. The van der Waals surface area contributed by atoms with E-state index >= 15 is 0 Å². The Bertz CT molecular complexity index is 862. The Hall–Kier alpha value is -2.72. The molecule has 0 atom stereocenters. The van der Waals surface area contributed by atoms with E-state index in [4.69, 9.17) is 9.90 Å². The van der Waals surface area contributed by atoms with E-state index in [1.165, 1.54) is 23.8 Å². The smallest absolute Gasteiger partial charge is 0.475 e. The number of amides is 1. The van der Waals surface area contributed by atoms with Crippen molar-refractivity contribution in [3.63, 3.8) is 0 Å². The summed E-state index contributed by atoms with van der Waals surface area (Å²) in [6.45, 7) is 2.96. The van der Waals surface area contributed by atoms with Gasteiger partial charge in [0.05, 0.1) is 11.3 Å². The molecule has 0 bridgehead atoms. The summed E-state index contributed by atoms with van der Waals surface area (Å²) < 4.78 is 31.7. The zero-order valence-electron chi connectivity index (χ0n) is 16.7. The lowest BCUT2D eigenvalue weighted by Crippen LogP contribution is -2.24. The van der Waals surface area contributed by atoms with Crippen molar-refractivity contribution >= 4 is 29.0 Å². The molecule has 0 radical (unpaired) electrons. The molecule has 2 aromatic rings. The molecule has 0 unspecified atom stereocenters. The van der Waals surface area contributed by atoms with E-state index in [0.29, 0.717) is 17.8 Å². The highest BCUT2D eigenvalue weighted by atomic mass is 32.1. The van der Waals surface area contributed by atoms with Gasteiger partial charge >= 0.3 is 12.1 Å². The Labute approximate surface area is 176 Å². The van der Waals surface area contributed by atoms with Crippen LogP contribution in [0.3, 0.4) is 0 Å². The number of rotatable bonds is 7. The minimum atomic E-state index is -5.08. The lowest BCUT2D eigenvalue weighted by molar-refractivity contribution is -0.192. The highest BCUT2D eigenvalue weighted by Crippen LogP contribution is 2.16. The zero-order valence-corrected chi connectivity index (χ0v) is 17.6. The summed E-state index contributed by atoms with van der Waals surface area (Å²) in [7, 11) is 4.08. The minimum Gasteiger partial charge on any atom is -0.475 e. The molecular weight excluding hydrogens is 421 g/mol. The number of aliphatic carboxylic acids is 1. The van der Waals surface area contributed by atoms with E-state index in [1.54, 1.807) is 6.07 Å². The zero-order chi connectivity index (χ0) is 22.9. The molecule has 0 saturated heterocycles. The van der Waals surface area contributed by atoms with Crippen LogP contribution in [0.25, 0.3) is 0 Å². The van der Waals surface area contributed by atoms with Gasteiger partial charge in [0.1, 0.15) is 0 Å². The molecule has 164 valence electrons. The van der Waals surface area contributed by atoms with Crippen molar-refractivity contribution in [2.45, 2.75) is 32.6 Å². The predicted molar refractivity (Wildman–Crippen MR) is 107 cm³/mol. The number of carboxylic acid groups (broad SMARTS) is 1. The van der Waals surface area contributed by atoms with Crippen LogP contribution in [0, 0.1) is 0 Å². The summed E-state index contributed by atoms with van der Waals surface area (Å²) in [5.74, 6) is -2.75. The predicted octanol–water partition coefficient (Wildman–Crippen LogP) is 3.50. The van der Waals surface area contributed by atoms with Gasteiger partial charge in [0.2, 0.25) is 5.91 Å². The largest absolute Gasteiger partial charge is 0.490 e. The maximum absolute atomic E-state index is 12.0. The molecule has 10 heteroatoms. The fraction of sp³-hybridized carbons (Fsp3) is 0.350. The summed E-state index contributed by atoms with van der Waals surface area (Å²) in [5, 5.41) is 11.9. The first-order valence-electron chi connectivity index (χ1n) is 8.76. The number of Topliss-reactive ketones (excluding diaryl/α,β-unsaturated/α-hetero) is 1. The normalized spacial score (nSPS) is 10.9. The van der Waals surface area contributed by atoms with Gasteiger partial charge in [-0.3, -0.25) is 9.59 Å². The molecule has 1 amide bonds. The number of carbonyl (C=O) groups is 3. The second-order valence-electron chi connectivity index (χ2n) is 6.69. The van der Waals surface area contributed by atoms with Gasteiger partial charge in [-0.2, -0.15) is 13.2 Å². The van der Waals surface area contributed by atoms with Crippen molar-refractivity contribution in [2.24, 2.45) is 0 Å². The topological polar surface area (TPSA) is 86.7 Å². The number of carboxylic acids is 1. The maximum Gasteiger partial charge on any atom is 0.490 e. The van der Waals surface area contributed by atoms with Gasteiger partial charge in [-0.1, -0.05) is 24.3 Å². The summed E-state index contributed by atoms with van der Waals surface area (Å²) in [4.78, 5) is 34.9. The first-order chi connectivity index (χ1) is 13.9. The molecule has 0 aliphatic rings. The number of hydrogen-bond acceptors (Lipinski definition) is 5. The third-order valence-corrected chi connectivity index (χ3v) is 4.70. The molecule has 0 fully saturated rings. The van der Waals surface area contributed by atoms with E-state index in [9.17, 15) is 22.8 Å². The van der Waals surface area contributed by atoms with Crippen molar-refractivity contribution in [3.05, 3.63) is 57.3 Å². The molecule has 2 N–H and O–H groups in total. The number of nitrogens with zero attached hydrogens (tertiary/aromatic N) is 1. The van der Waals surface area contributed by atoms with Crippen LogP contribution in [-0.2, 0) is 29.1 Å². The van der Waals surface area contributed by atoms with Gasteiger partial charge in [-0.05, 0) is 49.2 Å². The van der Waals surface area contributed by atoms with Gasteiger partial charge in [-0.25, -0.2) is 4.79 Å². The number of halogens is 3. The molecule has 0 aliphatic carbocycles. The van der Waals surface area contributed by atoms with Crippen molar-refractivity contribution in [1.29, 1.82) is 0 Å². The Morgan fingerprint density at radius 3 is 2.03 bits per heavy atom. The van der Waals surface area contributed by atoms with E-state index < -0.39 is 12.1 Å². The van der Waals surface area contributed by atoms with Gasteiger partial charge in [0.25, 0.3) is 0 Å². The number of alkyl halides is 3. The van der Waals surface area contributed by atoms with Crippen LogP contribution in [0.5, 0.6) is 0 Å². The van der Waals surface area contributed by atoms with E-state index in [1.807, 2.05) is 31.6 Å². The maximum atomic E-state index is 12.0. The van der Waals surface area contributed by atoms with Gasteiger partial charge in [-0.15, -0.1) is 11.3 Å². The van der Waals surface area contributed by atoms with Crippen LogP contribution in [0.1, 0.15) is 33.3 Å². The monoisotopic (exact) mass is 444 g/mol. The third kappa shape index (κ3) is 9.66. The Morgan fingerprint density at radius 1 is 1.07 bits per heavy atom. The van der Waals surface area contributed by atoms with Crippen LogP contribution in [0.4, 0.5) is 13.2 Å². The lowest BCUT2D eigenvalue weighted by atomic mass is 10.1. The first-order valence-corrected chi connectivity index (χ1v) is 9.64. The van der Waals surface area contributed by atoms with E-state index in [0.717, 1.165) is 17.7 Å². The molecule has 1 heterocycles. The number of carbonyl (C=O) groups excluding carboxylic acids is 2. The SMILES string of the molecule is CC(=O)c1cc(CC(=O)NCc2ccc(CN(C)C)cc2)cs1.O=C(O)C(F)(F)F. The molecule has 1 aromatic heterocycles. The average Bonchev–Trinajstić information content (AvgIpc) is 3.09. The number of nitrogens with one attached hydrogen (secondary N) is 1. The molecule has 0 spiro atoms. The average molecular weight is 444 g/mol. The van der Waals surface area contributed by atoms with Crippen LogP contribution < -0.4 is 5.32 Å². The van der Waals surface area contributed by atoms with Crippen LogP contribution in [-0.4, -0.2) is 47.9 Å². The molecule has 0 aliphatic heterocycles. The fourth-order valence-electron chi connectivity index (χ4n) is 2.23. The highest BCUT2D eigenvalue weighted by molar-refractivity contribution is 7.12. The lowest BCUT2D eigenvalue weighted by Gasteiger charge is -2.10. The van der Waals surface area contributed by atoms with Crippen molar-refractivity contribution in [1.82, 2.24) is 10.2 Å². The number of hydrogen-bond donors (Lipinski definition) is 2. The van der Waals surface area contributed by atoms with E-state index in [-0.39, 0.29) is 11.7 Å². The molecule has 6 nitrogen and oxygen atoms in total. The fourth-order valence-corrected chi connectivity index (χ4v) is 3.04. The molecular formula is C20H23F3N2O4S. The quantitative estimate of drug-likeness (QED) is 0.639. The summed E-state index contributed by atoms with van der Waals surface area (Å²) in [6, 6.07) is 10.0. The molecule has 0 saturated carbocycles. The van der Waals surface area contributed by atoms with E-state index in [2.05, 4.69) is 22.3 Å². The van der Waals surface area contributed by atoms with Gasteiger partial charge in [0, 0.05) is 13.1 Å². The summed E-state index contributed by atoms with van der Waals surface area (Å²) in [5.41, 5.74) is 3.22. The standard InChI is InChI=1S/C18H22N2O2S.C2HF3O2/c1-13(21)17-8-16(12-23-17)9-18(22)19-10-14-4-6-15(7-5-14)11-20(2)3;3-2(4,5)1(6)7/h4-8,12H,9-11H2,1-3H3,(H,19,22);(H,6,7). The van der Waals surface area contributed by atoms with Gasteiger partial charge < -0.3 is 15.3 Å². The Balaban J connectivity index is 0.000000553. The van der Waals surface area contributed by atoms with Crippen LogP contribution in [0.2, 0.25) is 0 Å². The molecule has 30 heavy (non-hydrogen) atoms.